The van der Waals surface area contributed by atoms with Gasteiger partial charge in [-0.3, -0.25) is 0 Å². The van der Waals surface area contributed by atoms with Crippen LogP contribution in [0.1, 0.15) is 82.1 Å². The number of methoxy groups -OCH3 is 2. The summed E-state index contributed by atoms with van der Waals surface area (Å²) >= 11 is 0. The maximum absolute atomic E-state index is 9.91. The van der Waals surface area contributed by atoms with E-state index in [1.165, 1.54) is 0 Å². The standard InChI is InChI=1S/C31H64O8Si2/c1-21-25(19-23(20-33-11)38-40(13,14)28(3,4)5)36-31(34-12,27-24(17-18-32)35-30(9,10)37-27)22(2)26(21)39-41(15,16)29(6,7)8/h21-27,32H,17-20H2,1-16H3/t21-,22+,23+,24-,25+,26-,27+,31+/m0/s1. The van der Waals surface area contributed by atoms with E-state index in [4.69, 9.17) is 32.5 Å². The molecular formula is C31H64O8Si2. The molecule has 2 heterocycles. The Morgan fingerprint density at radius 3 is 1.88 bits per heavy atom. The third-order valence-electron chi connectivity index (χ3n) is 10.2. The van der Waals surface area contributed by atoms with E-state index >= 15 is 0 Å². The summed E-state index contributed by atoms with van der Waals surface area (Å²) in [6.45, 7) is 31.4. The molecule has 1 N–H and O–H groups in total. The summed E-state index contributed by atoms with van der Waals surface area (Å²) in [5, 5.41) is 10.0. The van der Waals surface area contributed by atoms with Gasteiger partial charge in [-0.2, -0.15) is 0 Å². The molecule has 10 heteroatoms. The lowest BCUT2D eigenvalue weighted by molar-refractivity contribution is -0.366. The molecule has 2 rings (SSSR count). The maximum Gasteiger partial charge on any atom is 0.202 e. The Hall–Kier alpha value is 0.114. The molecule has 8 nitrogen and oxygen atoms in total. The highest BCUT2D eigenvalue weighted by Gasteiger charge is 2.63. The summed E-state index contributed by atoms with van der Waals surface area (Å²) in [6.07, 6.45) is -0.413. The molecule has 0 aliphatic carbocycles. The highest BCUT2D eigenvalue weighted by Crippen LogP contribution is 2.51. The summed E-state index contributed by atoms with van der Waals surface area (Å²) in [6, 6.07) is 0. The van der Waals surface area contributed by atoms with Crippen molar-refractivity contribution in [3.8, 4) is 0 Å². The minimum absolute atomic E-state index is 0.0191. The molecule has 0 aromatic carbocycles. The first-order chi connectivity index (χ1) is 18.5. The van der Waals surface area contributed by atoms with E-state index in [0.29, 0.717) is 19.4 Å². The minimum atomic E-state index is -2.17. The van der Waals surface area contributed by atoms with Gasteiger partial charge >= 0.3 is 0 Å². The molecule has 2 saturated heterocycles. The smallest absolute Gasteiger partial charge is 0.202 e. The van der Waals surface area contributed by atoms with Gasteiger partial charge in [0, 0.05) is 39.1 Å². The van der Waals surface area contributed by atoms with Crippen LogP contribution >= 0.6 is 0 Å². The fourth-order valence-electron chi connectivity index (χ4n) is 5.72. The molecule has 8 atom stereocenters. The Morgan fingerprint density at radius 2 is 1.41 bits per heavy atom. The van der Waals surface area contributed by atoms with Gasteiger partial charge < -0.3 is 37.6 Å². The van der Waals surface area contributed by atoms with Crippen LogP contribution in [0.2, 0.25) is 36.3 Å². The van der Waals surface area contributed by atoms with E-state index in [9.17, 15) is 5.11 Å². The van der Waals surface area contributed by atoms with Crippen molar-refractivity contribution in [3.63, 3.8) is 0 Å². The normalized spacial score (nSPS) is 34.2. The van der Waals surface area contributed by atoms with Crippen molar-refractivity contribution in [2.45, 2.75) is 160 Å². The first-order valence-corrected chi connectivity index (χ1v) is 21.3. The quantitative estimate of drug-likeness (QED) is 0.241. The van der Waals surface area contributed by atoms with Crippen molar-refractivity contribution in [1.29, 1.82) is 0 Å². The van der Waals surface area contributed by atoms with E-state index in [-0.39, 0.29) is 46.8 Å². The molecule has 0 unspecified atom stereocenters. The van der Waals surface area contributed by atoms with Crippen LogP contribution in [0.25, 0.3) is 0 Å². The number of aliphatic hydroxyl groups is 1. The molecule has 0 bridgehead atoms. The number of aliphatic hydroxyl groups excluding tert-OH is 1. The molecule has 244 valence electrons. The Labute approximate surface area is 253 Å². The molecule has 0 radical (unpaired) electrons. The summed E-state index contributed by atoms with van der Waals surface area (Å²) in [7, 11) is -0.834. The van der Waals surface area contributed by atoms with Gasteiger partial charge in [0.05, 0.1) is 31.0 Å². The summed E-state index contributed by atoms with van der Waals surface area (Å²) < 4.78 is 46.2. The van der Waals surface area contributed by atoms with Crippen molar-refractivity contribution in [2.24, 2.45) is 11.8 Å². The van der Waals surface area contributed by atoms with Crippen LogP contribution in [-0.4, -0.2) is 91.3 Å². The predicted molar refractivity (Wildman–Crippen MR) is 169 cm³/mol. The van der Waals surface area contributed by atoms with Crippen LogP contribution in [0.5, 0.6) is 0 Å². The molecule has 41 heavy (non-hydrogen) atoms. The minimum Gasteiger partial charge on any atom is -0.413 e. The lowest BCUT2D eigenvalue weighted by Gasteiger charge is -2.56. The van der Waals surface area contributed by atoms with Crippen LogP contribution < -0.4 is 0 Å². The molecule has 0 aromatic heterocycles. The average molecular weight is 621 g/mol. The van der Waals surface area contributed by atoms with Crippen molar-refractivity contribution in [1.82, 2.24) is 0 Å². The second-order valence-corrected chi connectivity index (χ2v) is 25.4. The maximum atomic E-state index is 9.91. The molecule has 0 saturated carbocycles. The van der Waals surface area contributed by atoms with Crippen molar-refractivity contribution in [2.75, 3.05) is 27.4 Å². The van der Waals surface area contributed by atoms with Crippen molar-refractivity contribution >= 4 is 16.6 Å². The zero-order valence-corrected chi connectivity index (χ0v) is 31.2. The molecule has 0 amide bonds. The van der Waals surface area contributed by atoms with Gasteiger partial charge in [0.1, 0.15) is 6.10 Å². The second-order valence-electron chi connectivity index (χ2n) is 15.9. The van der Waals surface area contributed by atoms with Crippen LogP contribution in [0.15, 0.2) is 0 Å². The largest absolute Gasteiger partial charge is 0.413 e. The van der Waals surface area contributed by atoms with E-state index in [2.05, 4.69) is 81.6 Å². The van der Waals surface area contributed by atoms with Crippen molar-refractivity contribution < 1.29 is 37.6 Å². The van der Waals surface area contributed by atoms with Crippen LogP contribution in [0, 0.1) is 11.8 Å². The van der Waals surface area contributed by atoms with E-state index < -0.39 is 40.4 Å². The van der Waals surface area contributed by atoms with Gasteiger partial charge in [0.25, 0.3) is 0 Å². The molecular weight excluding hydrogens is 557 g/mol. The van der Waals surface area contributed by atoms with E-state index in [1.54, 1.807) is 14.2 Å². The highest BCUT2D eigenvalue weighted by atomic mass is 28.4. The van der Waals surface area contributed by atoms with Crippen LogP contribution in [-0.2, 0) is 32.5 Å². The van der Waals surface area contributed by atoms with Gasteiger partial charge in [-0.1, -0.05) is 55.4 Å². The Morgan fingerprint density at radius 1 is 0.854 bits per heavy atom. The SMILES string of the molecule is COC[C@@H](C[C@H]1O[C@@](OC)([C@@H]2OC(C)(C)O[C@H]2CCO)[C@H](C)[C@@H](O[Si](C)(C)C(C)(C)C)[C@H]1C)O[Si](C)(C)C(C)(C)C. The van der Waals surface area contributed by atoms with Gasteiger partial charge in [-0.05, 0) is 56.5 Å². The Bertz CT molecular complexity index is 837. The van der Waals surface area contributed by atoms with E-state index in [0.717, 1.165) is 0 Å². The van der Waals surface area contributed by atoms with Crippen LogP contribution in [0.4, 0.5) is 0 Å². The molecule has 2 aliphatic rings. The average Bonchev–Trinajstić information content (AvgIpc) is 3.11. The molecule has 2 fully saturated rings. The third kappa shape index (κ3) is 8.24. The monoisotopic (exact) mass is 620 g/mol. The Kier molecular flexibility index (Phi) is 12.0. The molecule has 2 aliphatic heterocycles. The van der Waals surface area contributed by atoms with Crippen LogP contribution in [0.3, 0.4) is 0 Å². The topological polar surface area (TPSA) is 84.8 Å². The fourth-order valence-corrected chi connectivity index (χ4v) is 8.52. The number of hydrogen-bond donors (Lipinski definition) is 1. The molecule has 0 aromatic rings. The van der Waals surface area contributed by atoms with Crippen molar-refractivity contribution in [3.05, 3.63) is 0 Å². The van der Waals surface area contributed by atoms with Gasteiger partial charge in [-0.25, -0.2) is 0 Å². The first-order valence-electron chi connectivity index (χ1n) is 15.5. The third-order valence-corrected chi connectivity index (χ3v) is 19.2. The zero-order valence-electron chi connectivity index (χ0n) is 29.2. The van der Waals surface area contributed by atoms with Gasteiger partial charge in [0.2, 0.25) is 5.79 Å². The molecule has 0 spiro atoms. The lowest BCUT2D eigenvalue weighted by atomic mass is 9.76. The summed E-state index contributed by atoms with van der Waals surface area (Å²) in [5.74, 6) is -2.08. The predicted octanol–water partition coefficient (Wildman–Crippen LogP) is 6.72. The summed E-state index contributed by atoms with van der Waals surface area (Å²) in [4.78, 5) is 0. The lowest BCUT2D eigenvalue weighted by Crippen LogP contribution is -2.67. The number of rotatable bonds is 12. The summed E-state index contributed by atoms with van der Waals surface area (Å²) in [5.41, 5.74) is 0. The zero-order chi connectivity index (χ0) is 31.8. The number of hydrogen-bond acceptors (Lipinski definition) is 8. The first kappa shape index (κ1) is 37.3. The second kappa shape index (κ2) is 13.2. The van der Waals surface area contributed by atoms with E-state index in [1.807, 2.05) is 13.8 Å². The number of ether oxygens (including phenoxy) is 5. The fraction of sp³-hybridized carbons (Fsp3) is 1.00. The van der Waals surface area contributed by atoms with Gasteiger partial charge in [-0.15, -0.1) is 0 Å². The Balaban J connectivity index is 2.60. The van der Waals surface area contributed by atoms with Gasteiger partial charge in [0.15, 0.2) is 22.4 Å². The highest BCUT2D eigenvalue weighted by molar-refractivity contribution is 6.74.